The molecule has 0 spiro atoms. The van der Waals surface area contributed by atoms with E-state index in [1.54, 1.807) is 12.4 Å². The fourth-order valence-electron chi connectivity index (χ4n) is 2.40. The number of aromatic nitrogens is 2. The van der Waals surface area contributed by atoms with Crippen molar-refractivity contribution in [2.45, 2.75) is 0 Å². The van der Waals surface area contributed by atoms with Crippen LogP contribution in [0.15, 0.2) is 60.9 Å². The van der Waals surface area contributed by atoms with E-state index in [0.717, 1.165) is 32.9 Å². The molecule has 0 N–H and O–H groups in total. The van der Waals surface area contributed by atoms with Crippen molar-refractivity contribution in [3.63, 3.8) is 0 Å². The van der Waals surface area contributed by atoms with Crippen molar-refractivity contribution < 1.29 is 32.7 Å². The molecule has 0 fully saturated rings. The second-order valence-corrected chi connectivity index (χ2v) is 4.62. The van der Waals surface area contributed by atoms with E-state index in [0.29, 0.717) is 0 Å². The summed E-state index contributed by atoms with van der Waals surface area (Å²) in [6.07, 6.45) is 3.61. The molecule has 0 atom stereocenters. The Morgan fingerprint density at radius 3 is 2.57 bits per heavy atom. The molecule has 97 valence electrons. The Morgan fingerprint density at radius 1 is 0.857 bits per heavy atom. The Kier molecular flexibility index (Phi) is 4.09. The minimum absolute atomic E-state index is 0. The molecule has 1 radical (unpaired) electrons. The van der Waals surface area contributed by atoms with Crippen molar-refractivity contribution in [3.8, 4) is 11.1 Å². The molecule has 2 aromatic heterocycles. The second kappa shape index (κ2) is 6.01. The molecule has 0 aliphatic carbocycles. The normalized spacial score (nSPS) is 10.5. The van der Waals surface area contributed by atoms with Gasteiger partial charge >= 0.3 is 0 Å². The fraction of sp³-hybridized carbons (Fsp3) is 0. The molecule has 0 saturated heterocycles. The third-order valence-corrected chi connectivity index (χ3v) is 3.37. The molecule has 4 aromatic rings. The summed E-state index contributed by atoms with van der Waals surface area (Å²) >= 11 is 0. The Labute approximate surface area is 148 Å². The monoisotopic (exact) mass is 343 g/mol. The molecule has 21 heavy (non-hydrogen) atoms. The molecule has 3 heteroatoms. The van der Waals surface area contributed by atoms with Crippen molar-refractivity contribution in [1.82, 2.24) is 9.97 Å². The van der Waals surface area contributed by atoms with Gasteiger partial charge in [0.2, 0.25) is 0 Å². The van der Waals surface area contributed by atoms with Gasteiger partial charge in [-0.2, -0.15) is 24.3 Å². The van der Waals surface area contributed by atoms with Gasteiger partial charge in [0.1, 0.15) is 0 Å². The standard InChI is InChI=1S/C18H10N2.Y/c1-4-14-6-3-11-20-18(14)16(7-1)15-9-8-13-5-2-10-19-17(13)12-15;/h1-6,8,10-12H;/q-2;. The van der Waals surface area contributed by atoms with Crippen LogP contribution >= 0.6 is 0 Å². The predicted molar refractivity (Wildman–Crippen MR) is 80.2 cm³/mol. The summed E-state index contributed by atoms with van der Waals surface area (Å²) in [4.78, 5) is 8.86. The third-order valence-electron chi connectivity index (χ3n) is 3.37. The van der Waals surface area contributed by atoms with Gasteiger partial charge in [-0.3, -0.25) is 4.98 Å². The zero-order valence-electron chi connectivity index (χ0n) is 11.2. The quantitative estimate of drug-likeness (QED) is 0.488. The zero-order valence-corrected chi connectivity index (χ0v) is 14.1. The van der Waals surface area contributed by atoms with E-state index in [4.69, 9.17) is 0 Å². The minimum atomic E-state index is 0. The maximum atomic E-state index is 4.47. The predicted octanol–water partition coefficient (Wildman–Crippen LogP) is 4.05. The molecule has 0 bridgehead atoms. The van der Waals surface area contributed by atoms with Crippen LogP contribution in [0.5, 0.6) is 0 Å². The van der Waals surface area contributed by atoms with Crippen LogP contribution < -0.4 is 0 Å². The number of rotatable bonds is 1. The van der Waals surface area contributed by atoms with Crippen molar-refractivity contribution in [2.24, 2.45) is 0 Å². The average Bonchev–Trinajstić information content (AvgIpc) is 2.54. The first kappa shape index (κ1) is 14.3. The molecule has 2 aromatic carbocycles. The van der Waals surface area contributed by atoms with E-state index in [9.17, 15) is 0 Å². The first-order valence-corrected chi connectivity index (χ1v) is 6.44. The molecule has 4 rings (SSSR count). The number of fused-ring (bicyclic) bond motifs is 2. The summed E-state index contributed by atoms with van der Waals surface area (Å²) in [5.41, 5.74) is 3.85. The Morgan fingerprint density at radius 2 is 1.67 bits per heavy atom. The number of hydrogen-bond acceptors (Lipinski definition) is 2. The van der Waals surface area contributed by atoms with E-state index in [1.807, 2.05) is 42.5 Å². The van der Waals surface area contributed by atoms with Gasteiger partial charge in [-0.25, -0.2) is 11.1 Å². The first-order chi connectivity index (χ1) is 9.92. The Bertz CT molecular complexity index is 913. The van der Waals surface area contributed by atoms with E-state index < -0.39 is 0 Å². The zero-order chi connectivity index (χ0) is 13.4. The van der Waals surface area contributed by atoms with Gasteiger partial charge in [0, 0.05) is 45.1 Å². The van der Waals surface area contributed by atoms with Crippen LogP contribution in [-0.4, -0.2) is 9.97 Å². The van der Waals surface area contributed by atoms with E-state index in [-0.39, 0.29) is 32.7 Å². The van der Waals surface area contributed by atoms with Crippen LogP contribution in [0.1, 0.15) is 0 Å². The van der Waals surface area contributed by atoms with Gasteiger partial charge < -0.3 is 4.98 Å². The van der Waals surface area contributed by atoms with E-state index in [1.165, 1.54) is 0 Å². The Balaban J connectivity index is 0.00000132. The SMILES string of the molecule is [Y].[c-]1cc2cccnc2cc1-c1[c-]ccc2cccnc12. The fourth-order valence-corrected chi connectivity index (χ4v) is 2.40. The second-order valence-electron chi connectivity index (χ2n) is 4.62. The van der Waals surface area contributed by atoms with Gasteiger partial charge in [-0.05, 0) is 11.6 Å². The number of hydrogen-bond donors (Lipinski definition) is 0. The van der Waals surface area contributed by atoms with Gasteiger partial charge in [0.25, 0.3) is 0 Å². The minimum Gasteiger partial charge on any atom is -0.315 e. The smallest absolute Gasteiger partial charge is 0.0247 e. The van der Waals surface area contributed by atoms with Crippen LogP contribution in [-0.2, 0) is 32.7 Å². The van der Waals surface area contributed by atoms with Gasteiger partial charge in [-0.15, -0.1) is 12.1 Å². The van der Waals surface area contributed by atoms with Crippen molar-refractivity contribution in [1.29, 1.82) is 0 Å². The molecular weight excluding hydrogens is 333 g/mol. The number of benzene rings is 2. The number of pyridine rings is 2. The van der Waals surface area contributed by atoms with Crippen molar-refractivity contribution >= 4 is 21.8 Å². The first-order valence-electron chi connectivity index (χ1n) is 6.44. The maximum Gasteiger partial charge on any atom is 0.0247 e. The maximum absolute atomic E-state index is 4.47. The molecule has 0 aliphatic heterocycles. The third kappa shape index (κ3) is 2.62. The molecular formula is C18H10N2Y-2. The summed E-state index contributed by atoms with van der Waals surface area (Å²) < 4.78 is 0. The molecule has 2 heterocycles. The Hall–Kier alpha value is -1.64. The van der Waals surface area contributed by atoms with Crippen LogP contribution in [0.25, 0.3) is 32.9 Å². The van der Waals surface area contributed by atoms with Gasteiger partial charge in [0.15, 0.2) is 0 Å². The van der Waals surface area contributed by atoms with Crippen molar-refractivity contribution in [2.75, 3.05) is 0 Å². The van der Waals surface area contributed by atoms with Crippen LogP contribution in [0.4, 0.5) is 0 Å². The summed E-state index contributed by atoms with van der Waals surface area (Å²) in [6.45, 7) is 0. The van der Waals surface area contributed by atoms with Crippen LogP contribution in [0, 0.1) is 12.1 Å². The molecule has 0 aliphatic rings. The largest absolute Gasteiger partial charge is 0.315 e. The van der Waals surface area contributed by atoms with Crippen LogP contribution in [0.2, 0.25) is 0 Å². The van der Waals surface area contributed by atoms with Gasteiger partial charge in [-0.1, -0.05) is 34.5 Å². The summed E-state index contributed by atoms with van der Waals surface area (Å²) in [7, 11) is 0. The molecule has 0 unspecified atom stereocenters. The molecule has 2 nitrogen and oxygen atoms in total. The summed E-state index contributed by atoms with van der Waals surface area (Å²) in [6, 6.07) is 22.5. The molecule has 0 amide bonds. The van der Waals surface area contributed by atoms with Crippen LogP contribution in [0.3, 0.4) is 0 Å². The summed E-state index contributed by atoms with van der Waals surface area (Å²) in [5, 5.41) is 2.19. The average molecular weight is 343 g/mol. The van der Waals surface area contributed by atoms with Gasteiger partial charge in [0.05, 0.1) is 0 Å². The van der Waals surface area contributed by atoms with E-state index >= 15 is 0 Å². The van der Waals surface area contributed by atoms with E-state index in [2.05, 4.69) is 28.2 Å². The summed E-state index contributed by atoms with van der Waals surface area (Å²) in [5.74, 6) is 0. The van der Waals surface area contributed by atoms with Crippen molar-refractivity contribution in [3.05, 3.63) is 73.1 Å². The topological polar surface area (TPSA) is 25.8 Å². The number of nitrogens with zero attached hydrogens (tertiary/aromatic N) is 2. The molecule has 0 saturated carbocycles.